The maximum Gasteiger partial charge on any atom is 0.131 e. The molecule has 2 rings (SSSR count). The van der Waals surface area contributed by atoms with E-state index in [0.29, 0.717) is 6.61 Å². The highest BCUT2D eigenvalue weighted by molar-refractivity contribution is 7.07. The van der Waals surface area contributed by atoms with Crippen LogP contribution in [0.25, 0.3) is 0 Å². The van der Waals surface area contributed by atoms with Crippen LogP contribution in [0.2, 0.25) is 0 Å². The predicted molar refractivity (Wildman–Crippen MR) is 72.0 cm³/mol. The van der Waals surface area contributed by atoms with Gasteiger partial charge < -0.3 is 15.2 Å². The Bertz CT molecular complexity index is 498. The van der Waals surface area contributed by atoms with Gasteiger partial charge in [-0.2, -0.15) is 0 Å². The molecule has 1 aromatic heterocycles. The van der Waals surface area contributed by atoms with Crippen molar-refractivity contribution in [3.05, 3.63) is 40.3 Å². The van der Waals surface area contributed by atoms with Crippen molar-refractivity contribution in [2.24, 2.45) is 5.73 Å². The zero-order valence-corrected chi connectivity index (χ0v) is 11.2. The van der Waals surface area contributed by atoms with Crippen LogP contribution in [0.1, 0.15) is 24.2 Å². The molecule has 2 N–H and O–H groups in total. The van der Waals surface area contributed by atoms with Gasteiger partial charge in [0.1, 0.15) is 18.1 Å². The molecule has 1 aromatic carbocycles. The molecule has 0 bridgehead atoms. The number of hydrogen-bond donors (Lipinski definition) is 1. The maximum absolute atomic E-state index is 5.92. The maximum atomic E-state index is 5.92. The van der Waals surface area contributed by atoms with Gasteiger partial charge in [0.25, 0.3) is 0 Å². The van der Waals surface area contributed by atoms with Crippen LogP contribution in [-0.4, -0.2) is 12.1 Å². The average molecular weight is 264 g/mol. The second kappa shape index (κ2) is 5.84. The monoisotopic (exact) mass is 264 g/mol. The van der Waals surface area contributed by atoms with Crippen LogP contribution >= 0.6 is 11.3 Å². The minimum atomic E-state index is -0.0821. The Hall–Kier alpha value is -1.59. The first kappa shape index (κ1) is 12.9. The Morgan fingerprint density at radius 1 is 1.44 bits per heavy atom. The lowest BCUT2D eigenvalue weighted by atomic mass is 10.1. The molecule has 1 atom stereocenters. The normalized spacial score (nSPS) is 12.2. The summed E-state index contributed by atoms with van der Waals surface area (Å²) in [5, 5.41) is 1.96. The molecule has 4 nitrogen and oxygen atoms in total. The Morgan fingerprint density at radius 3 is 2.89 bits per heavy atom. The van der Waals surface area contributed by atoms with E-state index in [2.05, 4.69) is 4.98 Å². The fourth-order valence-corrected chi connectivity index (χ4v) is 2.15. The largest absolute Gasteiger partial charge is 0.497 e. The molecule has 5 heteroatoms. The molecule has 2 aromatic rings. The summed E-state index contributed by atoms with van der Waals surface area (Å²) in [6.07, 6.45) is 0. The standard InChI is InChI=1S/C13H16N2O2S/c1-9(14)12-4-3-11(16-2)5-13(12)17-6-10-7-18-8-15-10/h3-5,7-9H,6,14H2,1-2H3/t9-/m0/s1. The van der Waals surface area contributed by atoms with Crippen molar-refractivity contribution < 1.29 is 9.47 Å². The van der Waals surface area contributed by atoms with Crippen LogP contribution < -0.4 is 15.2 Å². The number of ether oxygens (including phenoxy) is 2. The van der Waals surface area contributed by atoms with Crippen molar-refractivity contribution >= 4 is 11.3 Å². The third kappa shape index (κ3) is 3.00. The highest BCUT2D eigenvalue weighted by Crippen LogP contribution is 2.29. The molecule has 0 aliphatic heterocycles. The Labute approximate surface area is 110 Å². The van der Waals surface area contributed by atoms with Crippen molar-refractivity contribution in [3.8, 4) is 11.5 Å². The number of thiazole rings is 1. The summed E-state index contributed by atoms with van der Waals surface area (Å²) in [6, 6.07) is 5.58. The predicted octanol–water partition coefficient (Wildman–Crippen LogP) is 2.75. The fraction of sp³-hybridized carbons (Fsp3) is 0.308. The Morgan fingerprint density at radius 2 is 2.28 bits per heavy atom. The highest BCUT2D eigenvalue weighted by Gasteiger charge is 2.10. The summed E-state index contributed by atoms with van der Waals surface area (Å²) in [6.45, 7) is 2.37. The van der Waals surface area contributed by atoms with E-state index in [0.717, 1.165) is 22.8 Å². The van der Waals surface area contributed by atoms with E-state index >= 15 is 0 Å². The number of methoxy groups -OCH3 is 1. The van der Waals surface area contributed by atoms with Crippen LogP contribution in [0, 0.1) is 0 Å². The molecule has 0 fully saturated rings. The van der Waals surface area contributed by atoms with Gasteiger partial charge in [-0.1, -0.05) is 6.07 Å². The van der Waals surface area contributed by atoms with Gasteiger partial charge in [0.05, 0.1) is 18.3 Å². The third-order valence-corrected chi connectivity index (χ3v) is 3.21. The molecule has 0 radical (unpaired) electrons. The van der Waals surface area contributed by atoms with Gasteiger partial charge in [-0.05, 0) is 13.0 Å². The van der Waals surface area contributed by atoms with Crippen molar-refractivity contribution in [3.63, 3.8) is 0 Å². The second-order valence-corrected chi connectivity index (χ2v) is 4.68. The molecule has 0 saturated carbocycles. The van der Waals surface area contributed by atoms with E-state index < -0.39 is 0 Å². The third-order valence-electron chi connectivity index (χ3n) is 2.57. The van der Waals surface area contributed by atoms with Crippen molar-refractivity contribution in [2.45, 2.75) is 19.6 Å². The zero-order valence-electron chi connectivity index (χ0n) is 10.4. The van der Waals surface area contributed by atoms with Gasteiger partial charge in [0.15, 0.2) is 0 Å². The number of rotatable bonds is 5. The topological polar surface area (TPSA) is 57.4 Å². The fourth-order valence-electron chi connectivity index (χ4n) is 1.60. The lowest BCUT2D eigenvalue weighted by Gasteiger charge is -2.14. The lowest BCUT2D eigenvalue weighted by molar-refractivity contribution is 0.295. The first-order valence-electron chi connectivity index (χ1n) is 5.64. The van der Waals surface area contributed by atoms with Gasteiger partial charge in [0, 0.05) is 23.1 Å². The molecular formula is C13H16N2O2S. The lowest BCUT2D eigenvalue weighted by Crippen LogP contribution is -2.08. The number of aromatic nitrogens is 1. The van der Waals surface area contributed by atoms with E-state index in [1.54, 1.807) is 24.0 Å². The summed E-state index contributed by atoms with van der Waals surface area (Å²) in [5.41, 5.74) is 9.59. The minimum absolute atomic E-state index is 0.0821. The van der Waals surface area contributed by atoms with Gasteiger partial charge >= 0.3 is 0 Å². The minimum Gasteiger partial charge on any atom is -0.497 e. The van der Waals surface area contributed by atoms with Crippen LogP contribution in [0.5, 0.6) is 11.5 Å². The summed E-state index contributed by atoms with van der Waals surface area (Å²) in [5.74, 6) is 1.50. The number of nitrogens with two attached hydrogens (primary N) is 1. The molecule has 0 unspecified atom stereocenters. The van der Waals surface area contributed by atoms with Crippen LogP contribution in [0.3, 0.4) is 0 Å². The van der Waals surface area contributed by atoms with Gasteiger partial charge in [-0.25, -0.2) is 4.98 Å². The first-order chi connectivity index (χ1) is 8.70. The SMILES string of the molecule is COc1ccc([C@H](C)N)c(OCc2cscn2)c1. The molecular weight excluding hydrogens is 248 g/mol. The van der Waals surface area contributed by atoms with Crippen molar-refractivity contribution in [1.82, 2.24) is 4.98 Å². The van der Waals surface area contributed by atoms with E-state index in [-0.39, 0.29) is 6.04 Å². The zero-order chi connectivity index (χ0) is 13.0. The van der Waals surface area contributed by atoms with E-state index in [1.807, 2.05) is 30.5 Å². The van der Waals surface area contributed by atoms with E-state index in [9.17, 15) is 0 Å². The highest BCUT2D eigenvalue weighted by atomic mass is 32.1. The molecule has 0 spiro atoms. The van der Waals surface area contributed by atoms with Gasteiger partial charge in [-0.15, -0.1) is 11.3 Å². The summed E-state index contributed by atoms with van der Waals surface area (Å²) in [4.78, 5) is 4.18. The molecule has 1 heterocycles. The quantitative estimate of drug-likeness (QED) is 0.902. The summed E-state index contributed by atoms with van der Waals surface area (Å²) >= 11 is 1.55. The first-order valence-corrected chi connectivity index (χ1v) is 6.58. The van der Waals surface area contributed by atoms with E-state index in [4.69, 9.17) is 15.2 Å². The molecule has 0 aliphatic carbocycles. The van der Waals surface area contributed by atoms with Crippen LogP contribution in [0.4, 0.5) is 0 Å². The smallest absolute Gasteiger partial charge is 0.131 e. The van der Waals surface area contributed by atoms with Crippen LogP contribution in [0.15, 0.2) is 29.1 Å². The second-order valence-electron chi connectivity index (χ2n) is 3.96. The van der Waals surface area contributed by atoms with E-state index in [1.165, 1.54) is 0 Å². The van der Waals surface area contributed by atoms with Crippen molar-refractivity contribution in [1.29, 1.82) is 0 Å². The average Bonchev–Trinajstić information content (AvgIpc) is 2.88. The summed E-state index contributed by atoms with van der Waals surface area (Å²) in [7, 11) is 1.63. The molecule has 0 saturated heterocycles. The molecule has 0 amide bonds. The Balaban J connectivity index is 2.18. The molecule has 0 aliphatic rings. The summed E-state index contributed by atoms with van der Waals surface area (Å²) < 4.78 is 11.0. The number of benzene rings is 1. The number of nitrogens with zero attached hydrogens (tertiary/aromatic N) is 1. The van der Waals surface area contributed by atoms with Gasteiger partial charge in [-0.3, -0.25) is 0 Å². The van der Waals surface area contributed by atoms with Crippen LogP contribution in [-0.2, 0) is 6.61 Å². The van der Waals surface area contributed by atoms with Crippen molar-refractivity contribution in [2.75, 3.05) is 7.11 Å². The number of hydrogen-bond acceptors (Lipinski definition) is 5. The van der Waals surface area contributed by atoms with Gasteiger partial charge in [0.2, 0.25) is 0 Å². The molecule has 18 heavy (non-hydrogen) atoms. The Kier molecular flexibility index (Phi) is 4.17. The molecule has 96 valence electrons.